The molecule has 0 unspecified atom stereocenters. The van der Waals surface area contributed by atoms with Gasteiger partial charge in [-0.05, 0) is 25.0 Å². The maximum absolute atomic E-state index is 12.0. The van der Waals surface area contributed by atoms with Gasteiger partial charge in [0.15, 0.2) is 9.84 Å². The standard InChI is InChI=1S/C15H22O4S/c16-15(17)12-8-3-1-2-4-9-13-20(18,19)14-10-6-5-7-11-14/h5-7,10-11H,1-4,8-9,12-13H2,(H,16,17). The van der Waals surface area contributed by atoms with Gasteiger partial charge < -0.3 is 5.11 Å². The zero-order chi connectivity index (χ0) is 14.8. The van der Waals surface area contributed by atoms with E-state index in [0.29, 0.717) is 17.7 Å². The second kappa shape index (κ2) is 8.74. The van der Waals surface area contributed by atoms with Crippen molar-refractivity contribution in [3.8, 4) is 0 Å². The lowest BCUT2D eigenvalue weighted by Crippen LogP contribution is -2.06. The first-order chi connectivity index (χ1) is 9.52. The summed E-state index contributed by atoms with van der Waals surface area (Å²) in [7, 11) is -3.15. The predicted molar refractivity (Wildman–Crippen MR) is 78.4 cm³/mol. The van der Waals surface area contributed by atoms with E-state index in [4.69, 9.17) is 5.11 Å². The van der Waals surface area contributed by atoms with E-state index in [1.165, 1.54) is 0 Å². The molecule has 0 saturated carbocycles. The van der Waals surface area contributed by atoms with Crippen LogP contribution in [0.3, 0.4) is 0 Å². The molecule has 1 aromatic carbocycles. The Balaban J connectivity index is 2.14. The number of rotatable bonds is 10. The molecule has 4 nitrogen and oxygen atoms in total. The van der Waals surface area contributed by atoms with Crippen molar-refractivity contribution in [2.24, 2.45) is 0 Å². The molecule has 5 heteroatoms. The van der Waals surface area contributed by atoms with E-state index in [1.807, 2.05) is 0 Å². The van der Waals surface area contributed by atoms with Gasteiger partial charge in [0.25, 0.3) is 0 Å². The number of carboxylic acid groups (broad SMARTS) is 1. The van der Waals surface area contributed by atoms with Gasteiger partial charge in [-0.1, -0.05) is 43.9 Å². The molecule has 0 aliphatic carbocycles. The summed E-state index contributed by atoms with van der Waals surface area (Å²) in [5.41, 5.74) is 0. The highest BCUT2D eigenvalue weighted by atomic mass is 32.2. The second-order valence-electron chi connectivity index (χ2n) is 4.90. The predicted octanol–water partition coefficient (Wildman–Crippen LogP) is 3.28. The number of hydrogen-bond donors (Lipinski definition) is 1. The van der Waals surface area contributed by atoms with Crippen LogP contribution in [0.15, 0.2) is 35.2 Å². The third-order valence-corrected chi connectivity index (χ3v) is 4.97. The molecular formula is C15H22O4S. The van der Waals surface area contributed by atoms with E-state index in [1.54, 1.807) is 30.3 Å². The van der Waals surface area contributed by atoms with Gasteiger partial charge in [0, 0.05) is 6.42 Å². The molecule has 1 aromatic rings. The first-order valence-corrected chi connectivity index (χ1v) is 8.67. The fourth-order valence-electron chi connectivity index (χ4n) is 2.02. The van der Waals surface area contributed by atoms with E-state index < -0.39 is 15.8 Å². The number of unbranched alkanes of at least 4 members (excludes halogenated alkanes) is 5. The summed E-state index contributed by atoms with van der Waals surface area (Å²) >= 11 is 0. The molecule has 0 aliphatic heterocycles. The van der Waals surface area contributed by atoms with Crippen molar-refractivity contribution in [3.05, 3.63) is 30.3 Å². The Kier molecular flexibility index (Phi) is 7.30. The molecule has 0 saturated heterocycles. The van der Waals surface area contributed by atoms with Gasteiger partial charge in [0.05, 0.1) is 10.6 Å². The van der Waals surface area contributed by atoms with Crippen LogP contribution in [0, 0.1) is 0 Å². The van der Waals surface area contributed by atoms with E-state index >= 15 is 0 Å². The van der Waals surface area contributed by atoms with Gasteiger partial charge in [-0.15, -0.1) is 0 Å². The zero-order valence-electron chi connectivity index (χ0n) is 11.6. The molecule has 0 fully saturated rings. The molecular weight excluding hydrogens is 276 g/mol. The summed E-state index contributed by atoms with van der Waals surface area (Å²) in [6, 6.07) is 8.52. The Morgan fingerprint density at radius 1 is 0.900 bits per heavy atom. The van der Waals surface area contributed by atoms with Crippen molar-refractivity contribution in [2.75, 3.05) is 5.75 Å². The van der Waals surface area contributed by atoms with Gasteiger partial charge in [-0.25, -0.2) is 8.42 Å². The van der Waals surface area contributed by atoms with Crippen LogP contribution in [0.2, 0.25) is 0 Å². The van der Waals surface area contributed by atoms with Crippen molar-refractivity contribution in [3.63, 3.8) is 0 Å². The molecule has 0 heterocycles. The molecule has 0 spiro atoms. The third kappa shape index (κ3) is 6.70. The first kappa shape index (κ1) is 16.7. The van der Waals surface area contributed by atoms with Gasteiger partial charge >= 0.3 is 5.97 Å². The number of sulfone groups is 1. The Labute approximate surface area is 120 Å². The minimum absolute atomic E-state index is 0.187. The highest BCUT2D eigenvalue weighted by Crippen LogP contribution is 2.13. The molecule has 0 atom stereocenters. The summed E-state index contributed by atoms with van der Waals surface area (Å²) in [5.74, 6) is -0.564. The molecule has 0 bridgehead atoms. The van der Waals surface area contributed by atoms with Crippen LogP contribution in [-0.2, 0) is 14.6 Å². The molecule has 112 valence electrons. The second-order valence-corrected chi connectivity index (χ2v) is 7.01. The van der Waals surface area contributed by atoms with E-state index in [2.05, 4.69) is 0 Å². The molecule has 0 amide bonds. The summed E-state index contributed by atoms with van der Waals surface area (Å²) in [6.45, 7) is 0. The SMILES string of the molecule is O=C(O)CCCCCCCCS(=O)(=O)c1ccccc1. The number of hydrogen-bond acceptors (Lipinski definition) is 3. The average molecular weight is 298 g/mol. The number of carboxylic acids is 1. The van der Waals surface area contributed by atoms with Crippen molar-refractivity contribution in [2.45, 2.75) is 49.8 Å². The van der Waals surface area contributed by atoms with Crippen LogP contribution < -0.4 is 0 Å². The minimum Gasteiger partial charge on any atom is -0.481 e. The fourth-order valence-corrected chi connectivity index (χ4v) is 3.41. The van der Waals surface area contributed by atoms with Crippen LogP contribution in [0.5, 0.6) is 0 Å². The molecule has 0 aromatic heterocycles. The van der Waals surface area contributed by atoms with Gasteiger partial charge in [-0.2, -0.15) is 0 Å². The molecule has 20 heavy (non-hydrogen) atoms. The summed E-state index contributed by atoms with van der Waals surface area (Å²) in [5, 5.41) is 8.49. The molecule has 0 aliphatic rings. The fraction of sp³-hybridized carbons (Fsp3) is 0.533. The monoisotopic (exact) mass is 298 g/mol. The lowest BCUT2D eigenvalue weighted by molar-refractivity contribution is -0.137. The van der Waals surface area contributed by atoms with Crippen molar-refractivity contribution >= 4 is 15.8 Å². The highest BCUT2D eigenvalue weighted by Gasteiger charge is 2.12. The third-order valence-electron chi connectivity index (χ3n) is 3.16. The zero-order valence-corrected chi connectivity index (χ0v) is 12.4. The normalized spacial score (nSPS) is 11.4. The minimum atomic E-state index is -3.15. The lowest BCUT2D eigenvalue weighted by atomic mass is 10.1. The Bertz CT molecular complexity index is 494. The largest absolute Gasteiger partial charge is 0.481 e. The maximum atomic E-state index is 12.0. The van der Waals surface area contributed by atoms with Crippen LogP contribution in [0.4, 0.5) is 0 Å². The number of aliphatic carboxylic acids is 1. The lowest BCUT2D eigenvalue weighted by Gasteiger charge is -2.04. The number of carbonyl (C=O) groups is 1. The first-order valence-electron chi connectivity index (χ1n) is 7.02. The topological polar surface area (TPSA) is 71.4 Å². The van der Waals surface area contributed by atoms with Crippen LogP contribution in [-0.4, -0.2) is 25.2 Å². The quantitative estimate of drug-likeness (QED) is 0.673. The van der Waals surface area contributed by atoms with E-state index in [9.17, 15) is 13.2 Å². The Hall–Kier alpha value is -1.36. The maximum Gasteiger partial charge on any atom is 0.303 e. The van der Waals surface area contributed by atoms with Crippen LogP contribution in [0.25, 0.3) is 0 Å². The number of benzene rings is 1. The smallest absolute Gasteiger partial charge is 0.303 e. The average Bonchev–Trinajstić information content (AvgIpc) is 2.42. The van der Waals surface area contributed by atoms with E-state index in [-0.39, 0.29) is 12.2 Å². The van der Waals surface area contributed by atoms with Crippen molar-refractivity contribution in [1.29, 1.82) is 0 Å². The van der Waals surface area contributed by atoms with Crippen LogP contribution >= 0.6 is 0 Å². The van der Waals surface area contributed by atoms with E-state index in [0.717, 1.165) is 25.7 Å². The molecule has 0 radical (unpaired) electrons. The molecule has 1 rings (SSSR count). The van der Waals surface area contributed by atoms with Crippen LogP contribution in [0.1, 0.15) is 44.9 Å². The highest BCUT2D eigenvalue weighted by molar-refractivity contribution is 7.91. The van der Waals surface area contributed by atoms with Gasteiger partial charge in [0.1, 0.15) is 0 Å². The Morgan fingerprint density at radius 3 is 2.05 bits per heavy atom. The van der Waals surface area contributed by atoms with Gasteiger partial charge in [-0.3, -0.25) is 4.79 Å². The summed E-state index contributed by atoms with van der Waals surface area (Å²) in [6.07, 6.45) is 5.30. The Morgan fingerprint density at radius 2 is 1.45 bits per heavy atom. The summed E-state index contributed by atoms with van der Waals surface area (Å²) < 4.78 is 24.0. The molecule has 1 N–H and O–H groups in total. The van der Waals surface area contributed by atoms with Crippen molar-refractivity contribution in [1.82, 2.24) is 0 Å². The van der Waals surface area contributed by atoms with Crippen molar-refractivity contribution < 1.29 is 18.3 Å². The van der Waals surface area contributed by atoms with Gasteiger partial charge in [0.2, 0.25) is 0 Å². The summed E-state index contributed by atoms with van der Waals surface area (Å²) in [4.78, 5) is 10.7.